The predicted molar refractivity (Wildman–Crippen MR) is 53.7 cm³/mol. The molecule has 2 nitrogen and oxygen atoms in total. The van der Waals surface area contributed by atoms with Crippen molar-refractivity contribution >= 4 is 5.69 Å². The summed E-state index contributed by atoms with van der Waals surface area (Å²) >= 11 is 0. The molecule has 0 fully saturated rings. The van der Waals surface area contributed by atoms with E-state index in [2.05, 4.69) is 0 Å². The molecule has 0 aliphatic rings. The molecule has 0 saturated heterocycles. The number of nitrogens with two attached hydrogens (primary N) is 1. The fraction of sp³-hybridized carbons (Fsp3) is 0.400. The van der Waals surface area contributed by atoms with E-state index in [0.29, 0.717) is 0 Å². The van der Waals surface area contributed by atoms with Gasteiger partial charge in [0.05, 0.1) is 6.04 Å². The monoisotopic (exact) mass is 182 g/mol. The van der Waals surface area contributed by atoms with Crippen molar-refractivity contribution in [2.75, 3.05) is 25.7 Å². The lowest BCUT2D eigenvalue weighted by Gasteiger charge is -2.14. The smallest absolute Gasteiger partial charge is 0.109 e. The zero-order valence-electron chi connectivity index (χ0n) is 8.00. The number of hydrogen-bond donors (Lipinski definition) is 1. The summed E-state index contributed by atoms with van der Waals surface area (Å²) < 4.78 is 12.2. The average molecular weight is 182 g/mol. The lowest BCUT2D eigenvalue weighted by molar-refractivity contribution is 0.437. The third-order valence-electron chi connectivity index (χ3n) is 2.00. The molecule has 0 bridgehead atoms. The van der Waals surface area contributed by atoms with Crippen LogP contribution in [0, 0.1) is 0 Å². The van der Waals surface area contributed by atoms with E-state index in [1.165, 1.54) is 0 Å². The van der Waals surface area contributed by atoms with Crippen LogP contribution in [0.1, 0.15) is 11.6 Å². The molecule has 0 saturated carbocycles. The van der Waals surface area contributed by atoms with Crippen molar-refractivity contribution < 1.29 is 4.39 Å². The van der Waals surface area contributed by atoms with Crippen LogP contribution >= 0.6 is 0 Å². The normalized spacial score (nSPS) is 12.6. The Bertz CT molecular complexity index is 256. The number of benzene rings is 1. The summed E-state index contributed by atoms with van der Waals surface area (Å²) in [5.74, 6) is 0. The van der Waals surface area contributed by atoms with E-state index in [4.69, 9.17) is 5.73 Å². The summed E-state index contributed by atoms with van der Waals surface area (Å²) in [4.78, 5) is 1.99. The molecule has 0 unspecified atom stereocenters. The topological polar surface area (TPSA) is 29.3 Å². The quantitative estimate of drug-likeness (QED) is 0.771. The van der Waals surface area contributed by atoms with E-state index in [1.807, 2.05) is 43.3 Å². The Hall–Kier alpha value is -1.09. The van der Waals surface area contributed by atoms with Crippen LogP contribution in [-0.4, -0.2) is 20.8 Å². The van der Waals surface area contributed by atoms with E-state index in [0.717, 1.165) is 11.3 Å². The Morgan fingerprint density at radius 3 is 2.23 bits per heavy atom. The molecule has 0 aromatic heterocycles. The highest BCUT2D eigenvalue weighted by Crippen LogP contribution is 2.16. The van der Waals surface area contributed by atoms with Gasteiger partial charge in [0.15, 0.2) is 0 Å². The first-order valence-electron chi connectivity index (χ1n) is 4.24. The Morgan fingerprint density at radius 1 is 1.31 bits per heavy atom. The molecule has 1 aromatic carbocycles. The molecule has 0 amide bonds. The van der Waals surface area contributed by atoms with Crippen LogP contribution in [0.3, 0.4) is 0 Å². The summed E-state index contributed by atoms with van der Waals surface area (Å²) in [6, 6.07) is 7.10. The van der Waals surface area contributed by atoms with Gasteiger partial charge in [-0.2, -0.15) is 0 Å². The molecule has 0 aliphatic heterocycles. The maximum atomic E-state index is 12.2. The van der Waals surface area contributed by atoms with Crippen molar-refractivity contribution in [3.8, 4) is 0 Å². The van der Waals surface area contributed by atoms with Crippen molar-refractivity contribution in [2.24, 2.45) is 5.73 Å². The second kappa shape index (κ2) is 4.23. The highest BCUT2D eigenvalue weighted by atomic mass is 19.1. The minimum atomic E-state index is -0.513. The first-order chi connectivity index (χ1) is 6.15. The first kappa shape index (κ1) is 9.99. The molecule has 72 valence electrons. The van der Waals surface area contributed by atoms with Crippen molar-refractivity contribution in [3.63, 3.8) is 0 Å². The highest BCUT2D eigenvalue weighted by Gasteiger charge is 2.04. The van der Waals surface area contributed by atoms with Crippen LogP contribution in [0.5, 0.6) is 0 Å². The molecule has 0 heterocycles. The fourth-order valence-electron chi connectivity index (χ4n) is 1.11. The highest BCUT2D eigenvalue weighted by molar-refractivity contribution is 5.46. The molecule has 1 atom stereocenters. The van der Waals surface area contributed by atoms with E-state index < -0.39 is 12.7 Å². The predicted octanol–water partition coefficient (Wildman–Crippen LogP) is 1.72. The van der Waals surface area contributed by atoms with Crippen molar-refractivity contribution in [2.45, 2.75) is 6.04 Å². The van der Waals surface area contributed by atoms with Crippen molar-refractivity contribution in [1.29, 1.82) is 0 Å². The molecule has 13 heavy (non-hydrogen) atoms. The fourth-order valence-corrected chi connectivity index (χ4v) is 1.11. The third-order valence-corrected chi connectivity index (χ3v) is 2.00. The molecule has 2 N–H and O–H groups in total. The number of rotatable bonds is 3. The van der Waals surface area contributed by atoms with Crippen LogP contribution in [0.25, 0.3) is 0 Å². The van der Waals surface area contributed by atoms with Gasteiger partial charge in [-0.1, -0.05) is 12.1 Å². The Labute approximate surface area is 78.2 Å². The molecule has 1 aromatic rings. The number of alkyl halides is 1. The van der Waals surface area contributed by atoms with Crippen LogP contribution in [0.15, 0.2) is 24.3 Å². The number of halogens is 1. The molecular formula is C10H15FN2. The molecule has 0 aliphatic carbocycles. The summed E-state index contributed by atoms with van der Waals surface area (Å²) in [7, 11) is 3.92. The second-order valence-corrected chi connectivity index (χ2v) is 3.25. The van der Waals surface area contributed by atoms with E-state index in [9.17, 15) is 4.39 Å². The third kappa shape index (κ3) is 2.42. The van der Waals surface area contributed by atoms with Gasteiger partial charge in [0.25, 0.3) is 0 Å². The van der Waals surface area contributed by atoms with Gasteiger partial charge in [0.1, 0.15) is 6.67 Å². The second-order valence-electron chi connectivity index (χ2n) is 3.25. The Morgan fingerprint density at radius 2 is 1.85 bits per heavy atom. The lowest BCUT2D eigenvalue weighted by Crippen LogP contribution is -2.13. The zero-order valence-corrected chi connectivity index (χ0v) is 8.00. The SMILES string of the molecule is CN(C)c1ccc([C@@H](N)CF)cc1. The van der Waals surface area contributed by atoms with Gasteiger partial charge in [-0.15, -0.1) is 0 Å². The van der Waals surface area contributed by atoms with E-state index in [-0.39, 0.29) is 0 Å². The van der Waals surface area contributed by atoms with Crippen LogP contribution in [0.2, 0.25) is 0 Å². The molecular weight excluding hydrogens is 167 g/mol. The Balaban J connectivity index is 2.81. The summed E-state index contributed by atoms with van der Waals surface area (Å²) in [5, 5.41) is 0. The van der Waals surface area contributed by atoms with Crippen molar-refractivity contribution in [1.82, 2.24) is 0 Å². The maximum Gasteiger partial charge on any atom is 0.109 e. The van der Waals surface area contributed by atoms with E-state index in [1.54, 1.807) is 0 Å². The first-order valence-corrected chi connectivity index (χ1v) is 4.24. The number of nitrogens with zero attached hydrogens (tertiary/aromatic N) is 1. The van der Waals surface area contributed by atoms with Gasteiger partial charge in [-0.3, -0.25) is 0 Å². The summed E-state index contributed by atoms with van der Waals surface area (Å²) in [6.45, 7) is -0.513. The standard InChI is InChI=1S/C10H15FN2/c1-13(2)9-5-3-8(4-6-9)10(12)7-11/h3-6,10H,7,12H2,1-2H3/t10-/m0/s1. The van der Waals surface area contributed by atoms with E-state index >= 15 is 0 Å². The summed E-state index contributed by atoms with van der Waals surface area (Å²) in [6.07, 6.45) is 0. The molecule has 0 spiro atoms. The molecule has 1 rings (SSSR count). The van der Waals surface area contributed by atoms with Gasteiger partial charge in [-0.25, -0.2) is 4.39 Å². The van der Waals surface area contributed by atoms with Crippen molar-refractivity contribution in [3.05, 3.63) is 29.8 Å². The van der Waals surface area contributed by atoms with Gasteiger partial charge in [0, 0.05) is 19.8 Å². The van der Waals surface area contributed by atoms with Crippen LogP contribution in [0.4, 0.5) is 10.1 Å². The van der Waals surface area contributed by atoms with Gasteiger partial charge in [0.2, 0.25) is 0 Å². The van der Waals surface area contributed by atoms with Gasteiger partial charge in [-0.05, 0) is 17.7 Å². The average Bonchev–Trinajstić information content (AvgIpc) is 2.17. The zero-order chi connectivity index (χ0) is 9.84. The maximum absolute atomic E-state index is 12.2. The lowest BCUT2D eigenvalue weighted by atomic mass is 10.1. The number of anilines is 1. The van der Waals surface area contributed by atoms with Gasteiger partial charge >= 0.3 is 0 Å². The Kier molecular flexibility index (Phi) is 3.25. The van der Waals surface area contributed by atoms with Gasteiger partial charge < -0.3 is 10.6 Å². The van der Waals surface area contributed by atoms with Crippen LogP contribution < -0.4 is 10.6 Å². The number of hydrogen-bond acceptors (Lipinski definition) is 2. The minimum absolute atomic E-state index is 0.490. The largest absolute Gasteiger partial charge is 0.378 e. The van der Waals surface area contributed by atoms with Crippen LogP contribution in [-0.2, 0) is 0 Å². The summed E-state index contributed by atoms with van der Waals surface area (Å²) in [5.41, 5.74) is 7.47. The minimum Gasteiger partial charge on any atom is -0.378 e. The molecule has 0 radical (unpaired) electrons. The molecule has 3 heteroatoms.